The van der Waals surface area contributed by atoms with Gasteiger partial charge in [-0.3, -0.25) is 9.48 Å². The van der Waals surface area contributed by atoms with Crippen LogP contribution in [0.25, 0.3) is 0 Å². The fourth-order valence-corrected chi connectivity index (χ4v) is 2.88. The van der Waals surface area contributed by atoms with E-state index >= 15 is 0 Å². The predicted molar refractivity (Wildman–Crippen MR) is 73.3 cm³/mol. The summed E-state index contributed by atoms with van der Waals surface area (Å²) in [5.41, 5.74) is 1.58. The molecule has 0 bridgehead atoms. The van der Waals surface area contributed by atoms with Crippen molar-refractivity contribution < 1.29 is 13.2 Å². The molecule has 18 heavy (non-hydrogen) atoms. The average Bonchev–Trinajstić information content (AvgIpc) is 2.54. The second kappa shape index (κ2) is 5.52. The molecule has 0 aromatic carbocycles. The number of Topliss-reactive ketones (excluding diaryl/α,β-unsaturated/α-hetero) is 1. The number of ketones is 1. The highest BCUT2D eigenvalue weighted by molar-refractivity contribution is 9.10. The molecule has 1 unspecified atom stereocenters. The van der Waals surface area contributed by atoms with Gasteiger partial charge in [-0.25, -0.2) is 8.42 Å². The zero-order chi connectivity index (χ0) is 14.1. The van der Waals surface area contributed by atoms with Crippen LogP contribution in [0.2, 0.25) is 0 Å². The van der Waals surface area contributed by atoms with Gasteiger partial charge in [-0.05, 0) is 29.3 Å². The lowest BCUT2D eigenvalue weighted by atomic mass is 10.1. The molecule has 7 heteroatoms. The zero-order valence-electron chi connectivity index (χ0n) is 10.9. The largest absolute Gasteiger partial charge is 0.298 e. The second-order valence-corrected chi connectivity index (χ2v) is 7.46. The van der Waals surface area contributed by atoms with Crippen molar-refractivity contribution in [2.45, 2.75) is 31.9 Å². The van der Waals surface area contributed by atoms with Crippen molar-refractivity contribution in [2.24, 2.45) is 7.05 Å². The molecule has 1 atom stereocenters. The van der Waals surface area contributed by atoms with E-state index in [1.54, 1.807) is 11.7 Å². The van der Waals surface area contributed by atoms with E-state index in [0.29, 0.717) is 5.69 Å². The summed E-state index contributed by atoms with van der Waals surface area (Å²) in [6.07, 6.45) is 1.90. The quantitative estimate of drug-likeness (QED) is 0.812. The molecule has 1 aromatic heterocycles. The first-order valence-corrected chi connectivity index (χ1v) is 8.35. The third kappa shape index (κ3) is 3.20. The second-order valence-electron chi connectivity index (χ2n) is 4.30. The predicted octanol–water partition coefficient (Wildman–Crippen LogP) is 1.29. The number of nitrogens with zero attached hydrogens (tertiary/aromatic N) is 2. The summed E-state index contributed by atoms with van der Waals surface area (Å²) in [5, 5.41) is 3.29. The number of aryl methyl sites for hydroxylation is 2. The summed E-state index contributed by atoms with van der Waals surface area (Å²) in [6.45, 7) is 3.39. The molecule has 0 amide bonds. The van der Waals surface area contributed by atoms with Crippen molar-refractivity contribution in [3.05, 3.63) is 15.9 Å². The van der Waals surface area contributed by atoms with E-state index in [1.165, 1.54) is 6.92 Å². The van der Waals surface area contributed by atoms with E-state index in [0.717, 1.165) is 22.8 Å². The molecular weight excluding hydrogens is 320 g/mol. The summed E-state index contributed by atoms with van der Waals surface area (Å²) < 4.78 is 25.1. The van der Waals surface area contributed by atoms with Gasteiger partial charge in [-0.1, -0.05) is 6.92 Å². The molecule has 0 saturated heterocycles. The highest BCUT2D eigenvalue weighted by atomic mass is 79.9. The van der Waals surface area contributed by atoms with E-state index in [4.69, 9.17) is 0 Å². The number of sulfone groups is 1. The Morgan fingerprint density at radius 1 is 1.50 bits per heavy atom. The molecular formula is C11H17BrN2O3S. The van der Waals surface area contributed by atoms with Gasteiger partial charge in [0.1, 0.15) is 5.25 Å². The van der Waals surface area contributed by atoms with Crippen LogP contribution >= 0.6 is 15.9 Å². The lowest BCUT2D eigenvalue weighted by Crippen LogP contribution is -2.28. The van der Waals surface area contributed by atoms with Crippen LogP contribution in [0.4, 0.5) is 0 Å². The molecule has 0 aliphatic rings. The molecule has 0 N–H and O–H groups in total. The van der Waals surface area contributed by atoms with Crippen molar-refractivity contribution in [3.8, 4) is 0 Å². The first-order valence-electron chi connectivity index (χ1n) is 5.60. The molecule has 0 radical (unpaired) electrons. The summed E-state index contributed by atoms with van der Waals surface area (Å²) in [5.74, 6) is -0.316. The van der Waals surface area contributed by atoms with Gasteiger partial charge in [0, 0.05) is 13.3 Å². The maximum Gasteiger partial charge on any atom is 0.157 e. The fraction of sp³-hybridized carbons (Fsp3) is 0.636. The Morgan fingerprint density at radius 3 is 2.44 bits per heavy atom. The molecule has 1 heterocycles. The summed E-state index contributed by atoms with van der Waals surface area (Å²) >= 11 is 3.41. The SMILES string of the molecule is CCc1nn(C)c(CC(=O)C(C)S(C)(=O)=O)c1Br. The van der Waals surface area contributed by atoms with Crippen LogP contribution in [0.3, 0.4) is 0 Å². The van der Waals surface area contributed by atoms with Crippen molar-refractivity contribution in [3.63, 3.8) is 0 Å². The van der Waals surface area contributed by atoms with Crippen LogP contribution < -0.4 is 0 Å². The molecule has 0 spiro atoms. The number of carbonyl (C=O) groups is 1. The van der Waals surface area contributed by atoms with Crippen molar-refractivity contribution in [2.75, 3.05) is 6.26 Å². The molecule has 5 nitrogen and oxygen atoms in total. The summed E-state index contributed by atoms with van der Waals surface area (Å²) in [4.78, 5) is 11.9. The number of aromatic nitrogens is 2. The minimum Gasteiger partial charge on any atom is -0.298 e. The van der Waals surface area contributed by atoms with Gasteiger partial charge in [0.05, 0.1) is 22.3 Å². The molecule has 0 fully saturated rings. The van der Waals surface area contributed by atoms with Crippen molar-refractivity contribution in [1.29, 1.82) is 0 Å². The standard InChI is InChI=1S/C11H17BrN2O3S/c1-5-8-11(12)9(14(3)13-8)6-10(15)7(2)18(4,16)17/h7H,5-6H2,1-4H3. The Balaban J connectivity index is 2.99. The van der Waals surface area contributed by atoms with Crippen LogP contribution in [-0.4, -0.2) is 35.5 Å². The Labute approximate surface area is 116 Å². The van der Waals surface area contributed by atoms with Crippen LogP contribution in [0.5, 0.6) is 0 Å². The Hall–Kier alpha value is -0.690. The zero-order valence-corrected chi connectivity index (χ0v) is 13.3. The minimum absolute atomic E-state index is 0.0678. The van der Waals surface area contributed by atoms with Crippen LogP contribution in [0, 0.1) is 0 Å². The molecule has 102 valence electrons. The van der Waals surface area contributed by atoms with Crippen molar-refractivity contribution in [1.82, 2.24) is 9.78 Å². The van der Waals surface area contributed by atoms with Gasteiger partial charge >= 0.3 is 0 Å². The molecule has 0 saturated carbocycles. The number of halogens is 1. The van der Waals surface area contributed by atoms with E-state index in [-0.39, 0.29) is 12.2 Å². The van der Waals surface area contributed by atoms with Gasteiger partial charge in [0.25, 0.3) is 0 Å². The molecule has 1 rings (SSSR count). The van der Waals surface area contributed by atoms with Gasteiger partial charge in [0.2, 0.25) is 0 Å². The first kappa shape index (κ1) is 15.4. The van der Waals surface area contributed by atoms with E-state index in [1.807, 2.05) is 6.92 Å². The maximum atomic E-state index is 11.9. The monoisotopic (exact) mass is 336 g/mol. The summed E-state index contributed by atoms with van der Waals surface area (Å²) in [6, 6.07) is 0. The highest BCUT2D eigenvalue weighted by Crippen LogP contribution is 2.22. The number of hydrogen-bond acceptors (Lipinski definition) is 4. The molecule has 0 aliphatic carbocycles. The highest BCUT2D eigenvalue weighted by Gasteiger charge is 2.25. The van der Waals surface area contributed by atoms with Gasteiger partial charge in [-0.2, -0.15) is 5.10 Å². The Kier molecular flexibility index (Phi) is 4.72. The van der Waals surface area contributed by atoms with Gasteiger partial charge in [0.15, 0.2) is 15.6 Å². The summed E-state index contributed by atoms with van der Waals surface area (Å²) in [7, 11) is -1.59. The van der Waals surface area contributed by atoms with Crippen LogP contribution in [0.15, 0.2) is 4.47 Å². The number of hydrogen-bond donors (Lipinski definition) is 0. The van der Waals surface area contributed by atoms with Crippen molar-refractivity contribution >= 4 is 31.6 Å². The normalized spacial score (nSPS) is 13.6. The number of rotatable bonds is 5. The lowest BCUT2D eigenvalue weighted by molar-refractivity contribution is -0.117. The topological polar surface area (TPSA) is 69.0 Å². The van der Waals surface area contributed by atoms with Crippen LogP contribution in [0.1, 0.15) is 25.2 Å². The van der Waals surface area contributed by atoms with E-state index in [2.05, 4.69) is 21.0 Å². The van der Waals surface area contributed by atoms with E-state index < -0.39 is 15.1 Å². The average molecular weight is 337 g/mol. The third-order valence-electron chi connectivity index (χ3n) is 2.94. The smallest absolute Gasteiger partial charge is 0.157 e. The molecule has 1 aromatic rings. The fourth-order valence-electron chi connectivity index (χ4n) is 1.56. The third-order valence-corrected chi connectivity index (χ3v) is 5.40. The Bertz CT molecular complexity index is 563. The van der Waals surface area contributed by atoms with Gasteiger partial charge < -0.3 is 0 Å². The van der Waals surface area contributed by atoms with E-state index in [9.17, 15) is 13.2 Å². The van der Waals surface area contributed by atoms with Crippen LogP contribution in [-0.2, 0) is 34.5 Å². The number of carbonyl (C=O) groups excluding carboxylic acids is 1. The first-order chi connectivity index (χ1) is 8.18. The lowest BCUT2D eigenvalue weighted by Gasteiger charge is -2.08. The molecule has 0 aliphatic heterocycles. The van der Waals surface area contributed by atoms with Gasteiger partial charge in [-0.15, -0.1) is 0 Å². The minimum atomic E-state index is -3.34. The maximum absolute atomic E-state index is 11.9. The Morgan fingerprint density at radius 2 is 2.06 bits per heavy atom.